The van der Waals surface area contributed by atoms with Gasteiger partial charge in [0.1, 0.15) is 10.8 Å². The number of nitrogens with zero attached hydrogens (tertiary/aromatic N) is 1. The van der Waals surface area contributed by atoms with Crippen molar-refractivity contribution < 1.29 is 19.2 Å². The fourth-order valence-electron chi connectivity index (χ4n) is 2.04. The Morgan fingerprint density at radius 3 is 2.61 bits per heavy atom. The van der Waals surface area contributed by atoms with Crippen molar-refractivity contribution >= 4 is 46.4 Å². The molecule has 3 N–H and O–H groups in total. The van der Waals surface area contributed by atoms with E-state index in [1.807, 2.05) is 19.1 Å². The zero-order valence-corrected chi connectivity index (χ0v) is 16.1. The van der Waals surface area contributed by atoms with Crippen LogP contribution >= 0.6 is 23.8 Å². The van der Waals surface area contributed by atoms with Crippen LogP contribution in [-0.4, -0.2) is 28.5 Å². The van der Waals surface area contributed by atoms with Crippen LogP contribution in [0.2, 0.25) is 5.02 Å². The van der Waals surface area contributed by atoms with E-state index in [0.717, 1.165) is 11.6 Å². The van der Waals surface area contributed by atoms with E-state index in [0.29, 0.717) is 5.75 Å². The Morgan fingerprint density at radius 2 is 1.93 bits per heavy atom. The van der Waals surface area contributed by atoms with Crippen molar-refractivity contribution in [3.63, 3.8) is 0 Å². The number of carbonyl (C=O) groups excluding carboxylic acids is 2. The predicted molar refractivity (Wildman–Crippen MR) is 106 cm³/mol. The van der Waals surface area contributed by atoms with E-state index >= 15 is 0 Å². The summed E-state index contributed by atoms with van der Waals surface area (Å²) in [5, 5.41) is 12.9. The predicted octanol–water partition coefficient (Wildman–Crippen LogP) is 2.27. The fourth-order valence-corrected chi connectivity index (χ4v) is 2.39. The van der Waals surface area contributed by atoms with Gasteiger partial charge in [-0.05, 0) is 42.9 Å². The van der Waals surface area contributed by atoms with Gasteiger partial charge in [0.15, 0.2) is 11.7 Å². The molecule has 0 saturated carbocycles. The van der Waals surface area contributed by atoms with Crippen molar-refractivity contribution in [3.8, 4) is 5.75 Å². The van der Waals surface area contributed by atoms with E-state index in [1.165, 1.54) is 12.1 Å². The highest BCUT2D eigenvalue weighted by Crippen LogP contribution is 2.24. The highest BCUT2D eigenvalue weighted by molar-refractivity contribution is 7.80. The number of nitro groups is 1. The lowest BCUT2D eigenvalue weighted by molar-refractivity contribution is -0.384. The number of amides is 2. The second kappa shape index (κ2) is 9.62. The number of rotatable bonds is 5. The molecule has 0 heterocycles. The van der Waals surface area contributed by atoms with Crippen molar-refractivity contribution in [2.24, 2.45) is 0 Å². The maximum atomic E-state index is 12.0. The number of halogens is 1. The molecule has 0 aliphatic heterocycles. The molecule has 2 amide bonds. The van der Waals surface area contributed by atoms with Gasteiger partial charge < -0.3 is 4.74 Å². The van der Waals surface area contributed by atoms with Gasteiger partial charge in [0.2, 0.25) is 0 Å². The molecule has 2 aromatic carbocycles. The molecule has 0 bridgehead atoms. The third-order valence-corrected chi connectivity index (χ3v) is 3.92. The first-order valence-electron chi connectivity index (χ1n) is 7.80. The maximum absolute atomic E-state index is 12.0. The normalized spacial score (nSPS) is 9.93. The molecule has 0 saturated heterocycles. The number of aryl methyl sites for hydroxylation is 1. The standard InChI is InChI=1S/C17H15ClN4O5S/c1-10-4-2-3-5-14(10)27-9-15(23)19-17(28)21-20-16(24)11-6-7-12(18)13(8-11)22(25)26/h2-8H,9H2,1H3,(H,20,24)(H2,19,21,23,28). The zero-order valence-electron chi connectivity index (χ0n) is 14.5. The van der Waals surface area contributed by atoms with Gasteiger partial charge in [0.05, 0.1) is 4.92 Å². The first-order chi connectivity index (χ1) is 13.3. The molecule has 9 nitrogen and oxygen atoms in total. The van der Waals surface area contributed by atoms with Gasteiger partial charge in [0.25, 0.3) is 17.5 Å². The van der Waals surface area contributed by atoms with Crippen LogP contribution in [0.15, 0.2) is 42.5 Å². The summed E-state index contributed by atoms with van der Waals surface area (Å²) in [4.78, 5) is 34.0. The van der Waals surface area contributed by atoms with Gasteiger partial charge in [-0.1, -0.05) is 29.8 Å². The van der Waals surface area contributed by atoms with E-state index in [9.17, 15) is 19.7 Å². The van der Waals surface area contributed by atoms with Crippen LogP contribution in [0.5, 0.6) is 5.75 Å². The molecule has 0 unspecified atom stereocenters. The number of ether oxygens (including phenoxy) is 1. The highest BCUT2D eigenvalue weighted by Gasteiger charge is 2.16. The summed E-state index contributed by atoms with van der Waals surface area (Å²) in [7, 11) is 0. The van der Waals surface area contributed by atoms with Crippen molar-refractivity contribution in [2.45, 2.75) is 6.92 Å². The number of carbonyl (C=O) groups is 2. The van der Waals surface area contributed by atoms with Crippen LogP contribution in [0.1, 0.15) is 15.9 Å². The monoisotopic (exact) mass is 422 g/mol. The molecule has 11 heteroatoms. The molecule has 146 valence electrons. The molecule has 2 rings (SSSR count). The van der Waals surface area contributed by atoms with Crippen LogP contribution in [0.3, 0.4) is 0 Å². The van der Waals surface area contributed by atoms with E-state index in [-0.39, 0.29) is 22.3 Å². The number of hydrogen-bond donors (Lipinski definition) is 3. The van der Waals surface area contributed by atoms with Crippen molar-refractivity contribution in [1.82, 2.24) is 16.2 Å². The quantitative estimate of drug-likeness (QED) is 0.383. The van der Waals surface area contributed by atoms with Crippen molar-refractivity contribution in [3.05, 3.63) is 68.7 Å². The minimum atomic E-state index is -0.703. The van der Waals surface area contributed by atoms with Gasteiger partial charge >= 0.3 is 0 Å². The molecular formula is C17H15ClN4O5S. The Morgan fingerprint density at radius 1 is 1.21 bits per heavy atom. The van der Waals surface area contributed by atoms with Crippen molar-refractivity contribution in [1.29, 1.82) is 0 Å². The first kappa shape index (κ1) is 21.1. The molecule has 0 fully saturated rings. The summed E-state index contributed by atoms with van der Waals surface area (Å²) in [6.45, 7) is 1.57. The average Bonchev–Trinajstić information content (AvgIpc) is 2.65. The summed E-state index contributed by atoms with van der Waals surface area (Å²) in [5.41, 5.74) is 5.01. The second-order valence-electron chi connectivity index (χ2n) is 5.43. The third kappa shape index (κ3) is 5.89. The minimum absolute atomic E-state index is 0.0133. The number of nitrogens with one attached hydrogen (secondary N) is 3. The highest BCUT2D eigenvalue weighted by atomic mass is 35.5. The van der Waals surface area contributed by atoms with E-state index in [2.05, 4.69) is 16.2 Å². The van der Waals surface area contributed by atoms with Crippen LogP contribution in [0.4, 0.5) is 5.69 Å². The number of para-hydroxylation sites is 1. The largest absolute Gasteiger partial charge is 0.483 e. The number of thiocarbonyl (C=S) groups is 1. The zero-order chi connectivity index (χ0) is 20.7. The lowest BCUT2D eigenvalue weighted by atomic mass is 10.2. The van der Waals surface area contributed by atoms with Gasteiger partial charge in [-0.15, -0.1) is 0 Å². The summed E-state index contributed by atoms with van der Waals surface area (Å²) in [5.74, 6) is -0.668. The fraction of sp³-hybridized carbons (Fsp3) is 0.118. The van der Waals surface area contributed by atoms with E-state index in [4.69, 9.17) is 28.6 Å². The number of nitro benzene ring substituents is 1. The Hall–Kier alpha value is -3.24. The van der Waals surface area contributed by atoms with Gasteiger partial charge in [-0.25, -0.2) is 0 Å². The molecule has 0 aliphatic carbocycles. The van der Waals surface area contributed by atoms with Gasteiger partial charge in [0, 0.05) is 11.6 Å². The number of benzene rings is 2. The van der Waals surface area contributed by atoms with Crippen LogP contribution in [0.25, 0.3) is 0 Å². The topological polar surface area (TPSA) is 123 Å². The Balaban J connectivity index is 1.82. The van der Waals surface area contributed by atoms with Crippen LogP contribution < -0.4 is 20.9 Å². The summed E-state index contributed by atoms with van der Waals surface area (Å²) in [6, 6.07) is 10.8. The average molecular weight is 423 g/mol. The number of hydrazine groups is 1. The lowest BCUT2D eigenvalue weighted by Crippen LogP contribution is -2.49. The minimum Gasteiger partial charge on any atom is -0.483 e. The van der Waals surface area contributed by atoms with E-state index in [1.54, 1.807) is 12.1 Å². The smallest absolute Gasteiger partial charge is 0.288 e. The molecule has 0 radical (unpaired) electrons. The summed E-state index contributed by atoms with van der Waals surface area (Å²) < 4.78 is 5.38. The molecule has 0 aliphatic rings. The lowest BCUT2D eigenvalue weighted by Gasteiger charge is -2.12. The van der Waals surface area contributed by atoms with Gasteiger partial charge in [-0.3, -0.25) is 35.9 Å². The number of hydrogen-bond acceptors (Lipinski definition) is 6. The molecule has 0 atom stereocenters. The third-order valence-electron chi connectivity index (χ3n) is 3.40. The molecule has 28 heavy (non-hydrogen) atoms. The molecule has 2 aromatic rings. The van der Waals surface area contributed by atoms with E-state index < -0.39 is 22.4 Å². The Bertz CT molecular complexity index is 938. The van der Waals surface area contributed by atoms with Crippen molar-refractivity contribution in [2.75, 3.05) is 6.61 Å². The van der Waals surface area contributed by atoms with Gasteiger partial charge in [-0.2, -0.15) is 0 Å². The first-order valence-corrected chi connectivity index (χ1v) is 8.59. The molecular weight excluding hydrogens is 408 g/mol. The molecule has 0 aromatic heterocycles. The summed E-state index contributed by atoms with van der Waals surface area (Å²) >= 11 is 10.6. The van der Waals surface area contributed by atoms with Crippen LogP contribution in [0, 0.1) is 17.0 Å². The second-order valence-corrected chi connectivity index (χ2v) is 6.25. The Kier molecular flexibility index (Phi) is 7.24. The molecule has 0 spiro atoms. The SMILES string of the molecule is Cc1ccccc1OCC(=O)NC(=S)NNC(=O)c1ccc(Cl)c([N+](=O)[O-])c1. The summed E-state index contributed by atoms with van der Waals surface area (Å²) in [6.07, 6.45) is 0. The van der Waals surface area contributed by atoms with Crippen LogP contribution in [-0.2, 0) is 4.79 Å². The maximum Gasteiger partial charge on any atom is 0.288 e. The Labute approximate surface area is 170 Å².